The summed E-state index contributed by atoms with van der Waals surface area (Å²) in [6.45, 7) is 0. The Balaban J connectivity index is 1.91. The third kappa shape index (κ3) is 3.06. The van der Waals surface area contributed by atoms with Crippen LogP contribution in [-0.4, -0.2) is 19.5 Å². The van der Waals surface area contributed by atoms with Gasteiger partial charge in [-0.2, -0.15) is 4.72 Å². The number of benzene rings is 1. The van der Waals surface area contributed by atoms with Gasteiger partial charge in [0.25, 0.3) is 10.0 Å². The normalized spacial score (nSPS) is 16.4. The standard InChI is InChI=1S/C15H15NO4S2/c17-14(18)13(11-4-2-1-3-5-11)16-22(19,20)15-12(8-9-21-15)10-6-7-10/h1-5,8-10,13,16H,6-7H2,(H,17,18). The van der Waals surface area contributed by atoms with Gasteiger partial charge >= 0.3 is 5.97 Å². The number of hydrogen-bond donors (Lipinski definition) is 2. The summed E-state index contributed by atoms with van der Waals surface area (Å²) in [4.78, 5) is 11.5. The van der Waals surface area contributed by atoms with Gasteiger partial charge in [0.1, 0.15) is 10.3 Å². The van der Waals surface area contributed by atoms with Crippen LogP contribution in [0.25, 0.3) is 0 Å². The van der Waals surface area contributed by atoms with E-state index in [1.54, 1.807) is 35.7 Å². The van der Waals surface area contributed by atoms with E-state index in [9.17, 15) is 18.3 Å². The van der Waals surface area contributed by atoms with Gasteiger partial charge in [-0.05, 0) is 41.3 Å². The van der Waals surface area contributed by atoms with Crippen molar-refractivity contribution in [2.24, 2.45) is 0 Å². The summed E-state index contributed by atoms with van der Waals surface area (Å²) in [5.74, 6) is -0.933. The van der Waals surface area contributed by atoms with Gasteiger partial charge in [-0.3, -0.25) is 4.79 Å². The first-order chi connectivity index (χ1) is 10.5. The number of hydrogen-bond acceptors (Lipinski definition) is 4. The van der Waals surface area contributed by atoms with Gasteiger partial charge in [-0.15, -0.1) is 11.3 Å². The number of carboxylic acid groups (broad SMARTS) is 1. The van der Waals surface area contributed by atoms with Crippen LogP contribution in [0.3, 0.4) is 0 Å². The average Bonchev–Trinajstić information content (AvgIpc) is 3.22. The quantitative estimate of drug-likeness (QED) is 0.849. The molecule has 0 spiro atoms. The van der Waals surface area contributed by atoms with Crippen molar-refractivity contribution in [2.45, 2.75) is 29.0 Å². The van der Waals surface area contributed by atoms with Gasteiger partial charge in [0.2, 0.25) is 0 Å². The topological polar surface area (TPSA) is 83.5 Å². The van der Waals surface area contributed by atoms with Crippen molar-refractivity contribution in [1.29, 1.82) is 0 Å². The maximum Gasteiger partial charge on any atom is 0.326 e. The van der Waals surface area contributed by atoms with E-state index in [2.05, 4.69) is 4.72 Å². The fourth-order valence-electron chi connectivity index (χ4n) is 2.34. The second-order valence-electron chi connectivity index (χ2n) is 5.24. The second-order valence-corrected chi connectivity index (χ2v) is 8.07. The number of carboxylic acids is 1. The Morgan fingerprint density at radius 2 is 1.91 bits per heavy atom. The van der Waals surface area contributed by atoms with Crippen molar-refractivity contribution in [2.75, 3.05) is 0 Å². The smallest absolute Gasteiger partial charge is 0.326 e. The molecule has 1 aromatic carbocycles. The molecule has 116 valence electrons. The molecule has 7 heteroatoms. The molecule has 1 heterocycles. The number of aliphatic carboxylic acids is 1. The Labute approximate surface area is 132 Å². The Kier molecular flexibility index (Phi) is 4.03. The highest BCUT2D eigenvalue weighted by Gasteiger charge is 2.34. The minimum absolute atomic E-state index is 0.234. The Morgan fingerprint density at radius 1 is 1.23 bits per heavy atom. The lowest BCUT2D eigenvalue weighted by atomic mass is 10.1. The molecular formula is C15H15NO4S2. The summed E-state index contributed by atoms with van der Waals surface area (Å²) in [6, 6.07) is 8.83. The zero-order valence-corrected chi connectivity index (χ0v) is 13.2. The molecule has 2 aromatic rings. The van der Waals surface area contributed by atoms with Gasteiger partial charge in [0.05, 0.1) is 0 Å². The molecule has 0 radical (unpaired) electrons. The van der Waals surface area contributed by atoms with Crippen molar-refractivity contribution in [3.63, 3.8) is 0 Å². The average molecular weight is 337 g/mol. The lowest BCUT2D eigenvalue weighted by Crippen LogP contribution is -2.33. The molecule has 1 atom stereocenters. The molecule has 0 saturated heterocycles. The Hall–Kier alpha value is -1.70. The zero-order valence-electron chi connectivity index (χ0n) is 11.6. The SMILES string of the molecule is O=C(O)C(NS(=O)(=O)c1sccc1C1CC1)c1ccccc1. The summed E-state index contributed by atoms with van der Waals surface area (Å²) in [5.41, 5.74) is 1.21. The van der Waals surface area contributed by atoms with Crippen molar-refractivity contribution in [3.8, 4) is 0 Å². The van der Waals surface area contributed by atoms with Gasteiger partial charge in [-0.25, -0.2) is 8.42 Å². The van der Waals surface area contributed by atoms with Crippen LogP contribution in [0.2, 0.25) is 0 Å². The molecule has 1 fully saturated rings. The molecule has 1 aliphatic rings. The van der Waals surface area contributed by atoms with E-state index >= 15 is 0 Å². The van der Waals surface area contributed by atoms with Crippen LogP contribution in [0.4, 0.5) is 0 Å². The highest BCUT2D eigenvalue weighted by molar-refractivity contribution is 7.91. The summed E-state index contributed by atoms with van der Waals surface area (Å²) in [5, 5.41) is 11.1. The van der Waals surface area contributed by atoms with Gasteiger partial charge in [0.15, 0.2) is 0 Å². The highest BCUT2D eigenvalue weighted by Crippen LogP contribution is 2.44. The molecule has 1 saturated carbocycles. The molecule has 2 N–H and O–H groups in total. The van der Waals surface area contributed by atoms with E-state index in [1.807, 2.05) is 6.07 Å². The minimum atomic E-state index is -3.86. The second kappa shape index (κ2) is 5.83. The molecule has 0 amide bonds. The first-order valence-electron chi connectivity index (χ1n) is 6.86. The van der Waals surface area contributed by atoms with Gasteiger partial charge < -0.3 is 5.11 Å². The van der Waals surface area contributed by atoms with Crippen LogP contribution in [-0.2, 0) is 14.8 Å². The first kappa shape index (κ1) is 15.2. The predicted octanol–water partition coefficient (Wildman–Crippen LogP) is 2.73. The summed E-state index contributed by atoms with van der Waals surface area (Å²) in [6.07, 6.45) is 1.97. The molecular weight excluding hydrogens is 322 g/mol. The number of sulfonamides is 1. The van der Waals surface area contributed by atoms with Crippen LogP contribution in [0, 0.1) is 0 Å². The fraction of sp³-hybridized carbons (Fsp3) is 0.267. The van der Waals surface area contributed by atoms with Crippen LogP contribution in [0.15, 0.2) is 46.0 Å². The molecule has 5 nitrogen and oxygen atoms in total. The maximum absolute atomic E-state index is 12.6. The van der Waals surface area contributed by atoms with Gasteiger partial charge in [0, 0.05) is 0 Å². The predicted molar refractivity (Wildman–Crippen MR) is 83.4 cm³/mol. The van der Waals surface area contributed by atoms with E-state index in [0.717, 1.165) is 29.7 Å². The van der Waals surface area contributed by atoms with E-state index < -0.39 is 22.0 Å². The van der Waals surface area contributed by atoms with Crippen LogP contribution < -0.4 is 4.72 Å². The van der Waals surface area contributed by atoms with E-state index in [-0.39, 0.29) is 10.1 Å². The number of carbonyl (C=O) groups is 1. The summed E-state index contributed by atoms with van der Waals surface area (Å²) >= 11 is 1.13. The lowest BCUT2D eigenvalue weighted by molar-refractivity contribution is -0.139. The number of rotatable bonds is 6. The molecule has 3 rings (SSSR count). The van der Waals surface area contributed by atoms with Crippen LogP contribution >= 0.6 is 11.3 Å². The molecule has 0 aliphatic heterocycles. The highest BCUT2D eigenvalue weighted by atomic mass is 32.2. The van der Waals surface area contributed by atoms with E-state index in [1.165, 1.54) is 0 Å². The first-order valence-corrected chi connectivity index (χ1v) is 9.23. The van der Waals surface area contributed by atoms with E-state index in [4.69, 9.17) is 0 Å². The lowest BCUT2D eigenvalue weighted by Gasteiger charge is -2.15. The fourth-order valence-corrected chi connectivity index (χ4v) is 5.06. The molecule has 22 heavy (non-hydrogen) atoms. The summed E-state index contributed by atoms with van der Waals surface area (Å²) < 4.78 is 27.7. The summed E-state index contributed by atoms with van der Waals surface area (Å²) in [7, 11) is -3.86. The third-order valence-corrected chi connectivity index (χ3v) is 6.51. The van der Waals surface area contributed by atoms with Crippen molar-refractivity contribution in [1.82, 2.24) is 4.72 Å². The monoisotopic (exact) mass is 337 g/mol. The molecule has 1 aliphatic carbocycles. The van der Waals surface area contributed by atoms with Crippen molar-refractivity contribution in [3.05, 3.63) is 52.9 Å². The van der Waals surface area contributed by atoms with Crippen molar-refractivity contribution >= 4 is 27.3 Å². The third-order valence-electron chi connectivity index (χ3n) is 3.57. The molecule has 1 unspecified atom stereocenters. The Morgan fingerprint density at radius 3 is 2.50 bits per heavy atom. The minimum Gasteiger partial charge on any atom is -0.480 e. The number of nitrogens with one attached hydrogen (secondary N) is 1. The van der Waals surface area contributed by atoms with Crippen molar-refractivity contribution < 1.29 is 18.3 Å². The molecule has 1 aromatic heterocycles. The zero-order chi connectivity index (χ0) is 15.7. The largest absolute Gasteiger partial charge is 0.480 e. The Bertz CT molecular complexity index is 779. The van der Waals surface area contributed by atoms with Gasteiger partial charge in [-0.1, -0.05) is 30.3 Å². The maximum atomic E-state index is 12.6. The number of thiophene rings is 1. The van der Waals surface area contributed by atoms with Crippen LogP contribution in [0.5, 0.6) is 0 Å². The van der Waals surface area contributed by atoms with E-state index in [0.29, 0.717) is 5.56 Å². The molecule has 0 bridgehead atoms. The van der Waals surface area contributed by atoms with Crippen LogP contribution in [0.1, 0.15) is 35.9 Å².